The van der Waals surface area contributed by atoms with E-state index in [0.717, 1.165) is 42.8 Å². The Bertz CT molecular complexity index is 836. The molecule has 3 aliphatic carbocycles. The van der Waals surface area contributed by atoms with Gasteiger partial charge in [-0.25, -0.2) is 0 Å². The zero-order valence-corrected chi connectivity index (χ0v) is 24.1. The van der Waals surface area contributed by atoms with Gasteiger partial charge in [0.1, 0.15) is 12.0 Å². The highest BCUT2D eigenvalue weighted by Crippen LogP contribution is 2.56. The third kappa shape index (κ3) is 9.54. The van der Waals surface area contributed by atoms with Crippen LogP contribution in [-0.4, -0.2) is 27.1 Å². The monoisotopic (exact) mass is 496 g/mol. The predicted molar refractivity (Wildman–Crippen MR) is 154 cm³/mol. The van der Waals surface area contributed by atoms with Gasteiger partial charge in [-0.05, 0) is 90.7 Å². The largest absolute Gasteiger partial charge is 0.497 e. The maximum Gasteiger partial charge on any atom is 0.123 e. The Hall–Kier alpha value is -1.87. The summed E-state index contributed by atoms with van der Waals surface area (Å²) < 4.78 is 9.72. The molecule has 0 amide bonds. The van der Waals surface area contributed by atoms with Crippen LogP contribution in [0.1, 0.15) is 91.5 Å². The number of methoxy groups -OCH3 is 2. The van der Waals surface area contributed by atoms with Crippen molar-refractivity contribution in [3.05, 3.63) is 42.0 Å². The molecule has 2 aromatic rings. The second-order valence-electron chi connectivity index (χ2n) is 11.7. The lowest BCUT2D eigenvalue weighted by Gasteiger charge is -2.33. The smallest absolute Gasteiger partial charge is 0.123 e. The molecular formula is C33H52O3. The topological polar surface area (TPSA) is 35.5 Å². The van der Waals surface area contributed by atoms with Crippen LogP contribution in [0.25, 0.3) is 10.8 Å². The van der Waals surface area contributed by atoms with Gasteiger partial charge in [-0.2, -0.15) is 0 Å². The summed E-state index contributed by atoms with van der Waals surface area (Å²) in [5.41, 5.74) is 1.95. The summed E-state index contributed by atoms with van der Waals surface area (Å²) in [6.45, 7) is 12.1. The van der Waals surface area contributed by atoms with Crippen molar-refractivity contribution in [3.63, 3.8) is 0 Å². The van der Waals surface area contributed by atoms with Crippen molar-refractivity contribution in [3.8, 4) is 5.75 Å². The molecule has 3 saturated carbocycles. The van der Waals surface area contributed by atoms with Gasteiger partial charge in [0.25, 0.3) is 0 Å². The van der Waals surface area contributed by atoms with Crippen molar-refractivity contribution in [2.24, 2.45) is 29.1 Å². The molecular weight excluding hydrogens is 444 g/mol. The van der Waals surface area contributed by atoms with Crippen LogP contribution in [0.3, 0.4) is 0 Å². The SMILES string of the molecule is CC(C)(C)C1CCCCC1.CCOC.CCc1ccc2cc(OC)ccc2c1.O=CC1C2CCCC12. The third-order valence-electron chi connectivity index (χ3n) is 8.27. The average Bonchev–Trinajstić information content (AvgIpc) is 3.36. The molecule has 0 saturated heterocycles. The van der Waals surface area contributed by atoms with E-state index in [-0.39, 0.29) is 0 Å². The zero-order chi connectivity index (χ0) is 26.6. The minimum absolute atomic E-state index is 0.490. The number of aryl methyl sites for hydroxylation is 1. The van der Waals surface area contributed by atoms with Gasteiger partial charge < -0.3 is 14.3 Å². The summed E-state index contributed by atoms with van der Waals surface area (Å²) in [5, 5.41) is 2.52. The standard InChI is InChI=1S/C13H14O.C10H20.C7H10O.C3H8O/c1-3-10-4-5-12-9-13(14-2)7-6-11(12)8-10;1-10(2,3)9-7-5-4-6-8-9;8-4-7-5-2-1-3-6(5)7;1-3-4-2/h4-9H,3H2,1-2H3;9H,4-8H2,1-3H3;4-7H,1-3H2;3H2,1-2H3. The Balaban J connectivity index is 0.000000183. The summed E-state index contributed by atoms with van der Waals surface area (Å²) >= 11 is 0. The first kappa shape index (κ1) is 30.4. The molecule has 0 spiro atoms. The third-order valence-corrected chi connectivity index (χ3v) is 8.27. The van der Waals surface area contributed by atoms with E-state index in [2.05, 4.69) is 62.8 Å². The van der Waals surface area contributed by atoms with Gasteiger partial charge in [-0.1, -0.05) is 77.6 Å². The highest BCUT2D eigenvalue weighted by atomic mass is 16.5. The second kappa shape index (κ2) is 15.4. The van der Waals surface area contributed by atoms with Crippen LogP contribution in [0.4, 0.5) is 0 Å². The van der Waals surface area contributed by atoms with Gasteiger partial charge in [0.05, 0.1) is 7.11 Å². The van der Waals surface area contributed by atoms with Crippen molar-refractivity contribution in [2.75, 3.05) is 20.8 Å². The molecule has 5 rings (SSSR count). The molecule has 3 fully saturated rings. The van der Waals surface area contributed by atoms with E-state index in [1.165, 1.54) is 67.7 Å². The maximum absolute atomic E-state index is 10.2. The van der Waals surface area contributed by atoms with E-state index < -0.39 is 0 Å². The van der Waals surface area contributed by atoms with E-state index in [9.17, 15) is 4.79 Å². The van der Waals surface area contributed by atoms with Gasteiger partial charge in [0.15, 0.2) is 0 Å². The number of carbonyl (C=O) groups is 1. The Morgan fingerprint density at radius 2 is 1.42 bits per heavy atom. The van der Waals surface area contributed by atoms with Crippen LogP contribution in [0.2, 0.25) is 0 Å². The molecule has 3 aliphatic rings. The number of rotatable bonds is 4. The average molecular weight is 497 g/mol. The molecule has 0 bridgehead atoms. The van der Waals surface area contributed by atoms with E-state index in [1.807, 2.05) is 13.0 Å². The lowest BCUT2D eigenvalue weighted by atomic mass is 9.72. The van der Waals surface area contributed by atoms with E-state index >= 15 is 0 Å². The summed E-state index contributed by atoms with van der Waals surface area (Å²) in [7, 11) is 3.38. The van der Waals surface area contributed by atoms with E-state index in [1.54, 1.807) is 14.2 Å². The van der Waals surface area contributed by atoms with Gasteiger partial charge in [0, 0.05) is 19.6 Å². The molecule has 3 nitrogen and oxygen atoms in total. The quantitative estimate of drug-likeness (QED) is 0.396. The van der Waals surface area contributed by atoms with Crippen molar-refractivity contribution in [1.82, 2.24) is 0 Å². The van der Waals surface area contributed by atoms with E-state index in [0.29, 0.717) is 11.3 Å². The molecule has 2 atom stereocenters. The number of ether oxygens (including phenoxy) is 2. The maximum atomic E-state index is 10.2. The molecule has 202 valence electrons. The number of aldehydes is 1. The number of hydrogen-bond acceptors (Lipinski definition) is 3. The van der Waals surface area contributed by atoms with Gasteiger partial charge in [0.2, 0.25) is 0 Å². The summed E-state index contributed by atoms with van der Waals surface area (Å²) in [4.78, 5) is 10.2. The molecule has 2 unspecified atom stereocenters. The molecule has 36 heavy (non-hydrogen) atoms. The first-order chi connectivity index (χ1) is 17.3. The molecule has 3 heteroatoms. The fourth-order valence-electron chi connectivity index (χ4n) is 5.67. The summed E-state index contributed by atoms with van der Waals surface area (Å²) in [6.07, 6.45) is 13.6. The molecule has 0 radical (unpaired) electrons. The van der Waals surface area contributed by atoms with Crippen LogP contribution in [0, 0.1) is 29.1 Å². The van der Waals surface area contributed by atoms with Crippen LogP contribution in [-0.2, 0) is 16.0 Å². The first-order valence-corrected chi connectivity index (χ1v) is 14.3. The highest BCUT2D eigenvalue weighted by Gasteiger charge is 2.52. The van der Waals surface area contributed by atoms with Crippen molar-refractivity contribution in [2.45, 2.75) is 92.4 Å². The van der Waals surface area contributed by atoms with Crippen molar-refractivity contribution >= 4 is 17.1 Å². The Kier molecular flexibility index (Phi) is 13.0. The lowest BCUT2D eigenvalue weighted by Crippen LogP contribution is -2.22. The normalized spacial score (nSPS) is 22.6. The Morgan fingerprint density at radius 1 is 0.833 bits per heavy atom. The van der Waals surface area contributed by atoms with Gasteiger partial charge >= 0.3 is 0 Å². The molecule has 0 heterocycles. The molecule has 0 N–H and O–H groups in total. The second-order valence-corrected chi connectivity index (χ2v) is 11.7. The van der Waals surface area contributed by atoms with Gasteiger partial charge in [-0.15, -0.1) is 0 Å². The summed E-state index contributed by atoms with van der Waals surface area (Å²) in [6, 6.07) is 12.7. The van der Waals surface area contributed by atoms with Gasteiger partial charge in [-0.3, -0.25) is 0 Å². The predicted octanol–water partition coefficient (Wildman–Crippen LogP) is 8.91. The molecule has 0 aromatic heterocycles. The van der Waals surface area contributed by atoms with Crippen LogP contribution < -0.4 is 4.74 Å². The van der Waals surface area contributed by atoms with E-state index in [4.69, 9.17) is 4.74 Å². The molecule has 2 aromatic carbocycles. The summed E-state index contributed by atoms with van der Waals surface area (Å²) in [5.74, 6) is 4.06. The number of benzene rings is 2. The lowest BCUT2D eigenvalue weighted by molar-refractivity contribution is -0.109. The minimum atomic E-state index is 0.490. The zero-order valence-electron chi connectivity index (χ0n) is 24.1. The Morgan fingerprint density at radius 3 is 1.86 bits per heavy atom. The first-order valence-electron chi connectivity index (χ1n) is 14.3. The van der Waals surface area contributed by atoms with Crippen LogP contribution in [0.15, 0.2) is 36.4 Å². The van der Waals surface area contributed by atoms with Crippen molar-refractivity contribution in [1.29, 1.82) is 0 Å². The minimum Gasteiger partial charge on any atom is -0.497 e. The van der Waals surface area contributed by atoms with Crippen LogP contribution in [0.5, 0.6) is 5.75 Å². The number of carbonyl (C=O) groups excluding carboxylic acids is 1. The number of hydrogen-bond donors (Lipinski definition) is 0. The van der Waals surface area contributed by atoms with Crippen LogP contribution >= 0.6 is 0 Å². The van der Waals surface area contributed by atoms with Crippen molar-refractivity contribution < 1.29 is 14.3 Å². The number of fused-ring (bicyclic) bond motifs is 2. The molecule has 0 aliphatic heterocycles. The highest BCUT2D eigenvalue weighted by molar-refractivity contribution is 5.84. The fourth-order valence-corrected chi connectivity index (χ4v) is 5.67. The fraction of sp³-hybridized carbons (Fsp3) is 0.667. The Labute approximate surface area is 221 Å².